The van der Waals surface area contributed by atoms with Gasteiger partial charge in [0.1, 0.15) is 0 Å². The number of rotatable bonds is 8. The molecule has 0 aliphatic carbocycles. The fourth-order valence-corrected chi connectivity index (χ4v) is 2.42. The number of nitrogens with one attached hydrogen (secondary N) is 2. The van der Waals surface area contributed by atoms with Crippen LogP contribution in [0, 0.1) is 5.92 Å². The second-order valence-corrected chi connectivity index (χ2v) is 5.24. The van der Waals surface area contributed by atoms with Crippen LogP contribution in [0.2, 0.25) is 0 Å². The van der Waals surface area contributed by atoms with E-state index in [2.05, 4.69) is 15.6 Å². The van der Waals surface area contributed by atoms with Gasteiger partial charge in [-0.25, -0.2) is 4.79 Å². The molecule has 1 aromatic rings. The van der Waals surface area contributed by atoms with Crippen LogP contribution in [-0.4, -0.2) is 28.8 Å². The van der Waals surface area contributed by atoms with E-state index < -0.39 is 6.10 Å². The lowest BCUT2D eigenvalue weighted by Gasteiger charge is -2.22. The summed E-state index contributed by atoms with van der Waals surface area (Å²) in [6.45, 7) is 6.40. The number of carbonyl (C=O) groups excluding carboxylic acids is 1. The number of pyridine rings is 1. The molecule has 2 amide bonds. The molecule has 0 saturated heterocycles. The topological polar surface area (TPSA) is 74.2 Å². The van der Waals surface area contributed by atoms with Crippen molar-refractivity contribution in [2.75, 3.05) is 6.54 Å². The molecule has 0 spiro atoms. The molecule has 0 saturated carbocycles. The first kappa shape index (κ1) is 17.4. The van der Waals surface area contributed by atoms with Gasteiger partial charge >= 0.3 is 6.03 Å². The molecule has 0 bridgehead atoms. The van der Waals surface area contributed by atoms with Crippen molar-refractivity contribution in [1.29, 1.82) is 0 Å². The van der Waals surface area contributed by atoms with Gasteiger partial charge < -0.3 is 15.7 Å². The molecule has 0 radical (unpaired) electrons. The average molecular weight is 293 g/mol. The smallest absolute Gasteiger partial charge is 0.315 e. The third-order valence-corrected chi connectivity index (χ3v) is 3.89. The number of urea groups is 1. The number of hydrogen-bond donors (Lipinski definition) is 3. The molecule has 3 N–H and O–H groups in total. The first-order valence-corrected chi connectivity index (χ1v) is 7.74. The second kappa shape index (κ2) is 9.34. The van der Waals surface area contributed by atoms with Gasteiger partial charge in [-0.05, 0) is 30.0 Å². The zero-order valence-electron chi connectivity index (χ0n) is 13.2. The van der Waals surface area contributed by atoms with Gasteiger partial charge in [0.15, 0.2) is 0 Å². The SMILES string of the molecule is CCC(NC(=O)NCC(O)C(CC)CC)c1ccncc1. The van der Waals surface area contributed by atoms with Gasteiger partial charge in [0.05, 0.1) is 12.1 Å². The van der Waals surface area contributed by atoms with Crippen LogP contribution in [0.25, 0.3) is 0 Å². The summed E-state index contributed by atoms with van der Waals surface area (Å²) in [6.07, 6.45) is 5.56. The van der Waals surface area contributed by atoms with Crippen LogP contribution in [0.4, 0.5) is 4.79 Å². The number of aliphatic hydroxyl groups excluding tert-OH is 1. The van der Waals surface area contributed by atoms with Crippen LogP contribution in [0.15, 0.2) is 24.5 Å². The fraction of sp³-hybridized carbons (Fsp3) is 0.625. The lowest BCUT2D eigenvalue weighted by molar-refractivity contribution is 0.103. The molecule has 2 atom stereocenters. The molecule has 2 unspecified atom stereocenters. The summed E-state index contributed by atoms with van der Waals surface area (Å²) in [5.41, 5.74) is 1.03. The van der Waals surface area contributed by atoms with Crippen LogP contribution in [-0.2, 0) is 0 Å². The van der Waals surface area contributed by atoms with Crippen molar-refractivity contribution in [2.45, 2.75) is 52.2 Å². The Morgan fingerprint density at radius 3 is 2.33 bits per heavy atom. The normalized spacial score (nSPS) is 13.8. The van der Waals surface area contributed by atoms with Crippen LogP contribution in [0.5, 0.6) is 0 Å². The van der Waals surface area contributed by atoms with Crippen molar-refractivity contribution < 1.29 is 9.90 Å². The van der Waals surface area contributed by atoms with Gasteiger partial charge in [-0.3, -0.25) is 4.98 Å². The highest BCUT2D eigenvalue weighted by atomic mass is 16.3. The minimum Gasteiger partial charge on any atom is -0.391 e. The lowest BCUT2D eigenvalue weighted by Crippen LogP contribution is -2.42. The standard InChI is InChI=1S/C16H27N3O2/c1-4-12(5-2)15(20)11-18-16(21)19-14(6-3)13-7-9-17-10-8-13/h7-10,12,14-15,20H,4-6,11H2,1-3H3,(H2,18,19,21). The minimum absolute atomic E-state index is 0.0432. The predicted octanol–water partition coefficient (Wildman–Crippen LogP) is 2.63. The van der Waals surface area contributed by atoms with Crippen molar-refractivity contribution in [1.82, 2.24) is 15.6 Å². The van der Waals surface area contributed by atoms with Crippen molar-refractivity contribution in [3.8, 4) is 0 Å². The van der Waals surface area contributed by atoms with Gasteiger partial charge in [-0.15, -0.1) is 0 Å². The number of aromatic nitrogens is 1. The summed E-state index contributed by atoms with van der Waals surface area (Å²) >= 11 is 0. The van der Waals surface area contributed by atoms with Crippen molar-refractivity contribution in [2.24, 2.45) is 5.92 Å². The molecule has 0 fully saturated rings. The Hall–Kier alpha value is -1.62. The number of hydrogen-bond acceptors (Lipinski definition) is 3. The average Bonchev–Trinajstić information content (AvgIpc) is 2.52. The van der Waals surface area contributed by atoms with E-state index >= 15 is 0 Å². The van der Waals surface area contributed by atoms with Gasteiger partial charge in [0.2, 0.25) is 0 Å². The summed E-state index contributed by atoms with van der Waals surface area (Å²) in [4.78, 5) is 15.9. The summed E-state index contributed by atoms with van der Waals surface area (Å²) in [5, 5.41) is 15.7. The molecule has 0 aliphatic rings. The number of aliphatic hydroxyl groups is 1. The van der Waals surface area contributed by atoms with Crippen LogP contribution in [0.3, 0.4) is 0 Å². The van der Waals surface area contributed by atoms with E-state index in [1.807, 2.05) is 32.9 Å². The molecule has 21 heavy (non-hydrogen) atoms. The Morgan fingerprint density at radius 1 is 1.19 bits per heavy atom. The van der Waals surface area contributed by atoms with Crippen molar-refractivity contribution in [3.63, 3.8) is 0 Å². The number of carbonyl (C=O) groups is 1. The molecule has 5 nitrogen and oxygen atoms in total. The zero-order valence-corrected chi connectivity index (χ0v) is 13.2. The van der Waals surface area contributed by atoms with Crippen molar-refractivity contribution >= 4 is 6.03 Å². The summed E-state index contributed by atoms with van der Waals surface area (Å²) in [5.74, 6) is 0.229. The van der Waals surface area contributed by atoms with Gasteiger partial charge in [-0.2, -0.15) is 0 Å². The molecule has 0 aromatic carbocycles. The van der Waals surface area contributed by atoms with E-state index in [1.54, 1.807) is 12.4 Å². The molecule has 1 aromatic heterocycles. The summed E-state index contributed by atoms with van der Waals surface area (Å²) < 4.78 is 0. The van der Waals surface area contributed by atoms with Crippen LogP contribution < -0.4 is 10.6 Å². The maximum atomic E-state index is 11.9. The first-order valence-electron chi connectivity index (χ1n) is 7.74. The van der Waals surface area contributed by atoms with Crippen LogP contribution >= 0.6 is 0 Å². The number of nitrogens with zero attached hydrogens (tertiary/aromatic N) is 1. The highest BCUT2D eigenvalue weighted by Gasteiger charge is 2.17. The van der Waals surface area contributed by atoms with Gasteiger partial charge in [0.25, 0.3) is 0 Å². The van der Waals surface area contributed by atoms with E-state index in [9.17, 15) is 9.90 Å². The molecule has 0 aliphatic heterocycles. The molecule has 1 heterocycles. The van der Waals surface area contributed by atoms with Gasteiger partial charge in [-0.1, -0.05) is 33.6 Å². The van der Waals surface area contributed by atoms with Gasteiger partial charge in [0, 0.05) is 18.9 Å². The zero-order chi connectivity index (χ0) is 15.7. The van der Waals surface area contributed by atoms with E-state index in [1.165, 1.54) is 0 Å². The second-order valence-electron chi connectivity index (χ2n) is 5.24. The molecular weight excluding hydrogens is 266 g/mol. The van der Waals surface area contributed by atoms with E-state index in [0.717, 1.165) is 24.8 Å². The highest BCUT2D eigenvalue weighted by Crippen LogP contribution is 2.15. The van der Waals surface area contributed by atoms with E-state index in [-0.39, 0.29) is 24.5 Å². The predicted molar refractivity (Wildman–Crippen MR) is 83.9 cm³/mol. The van der Waals surface area contributed by atoms with Crippen LogP contribution in [0.1, 0.15) is 51.6 Å². The molecule has 1 rings (SSSR count). The quantitative estimate of drug-likeness (QED) is 0.690. The maximum Gasteiger partial charge on any atom is 0.315 e. The Balaban J connectivity index is 2.45. The lowest BCUT2D eigenvalue weighted by atomic mass is 9.97. The Morgan fingerprint density at radius 2 is 1.81 bits per heavy atom. The number of amides is 2. The maximum absolute atomic E-state index is 11.9. The highest BCUT2D eigenvalue weighted by molar-refractivity contribution is 5.74. The first-order chi connectivity index (χ1) is 10.1. The monoisotopic (exact) mass is 293 g/mol. The fourth-order valence-electron chi connectivity index (χ4n) is 2.42. The molecule has 118 valence electrons. The molecular formula is C16H27N3O2. The third kappa shape index (κ3) is 5.71. The van der Waals surface area contributed by atoms with Crippen molar-refractivity contribution in [3.05, 3.63) is 30.1 Å². The Labute approximate surface area is 127 Å². The third-order valence-electron chi connectivity index (χ3n) is 3.89. The minimum atomic E-state index is -0.494. The summed E-state index contributed by atoms with van der Waals surface area (Å²) in [7, 11) is 0. The Bertz CT molecular complexity index is 407. The van der Waals surface area contributed by atoms with E-state index in [4.69, 9.17) is 0 Å². The Kier molecular flexibility index (Phi) is 7.75. The summed E-state index contributed by atoms with van der Waals surface area (Å²) in [6, 6.07) is 3.50. The van der Waals surface area contributed by atoms with E-state index in [0.29, 0.717) is 0 Å². The molecule has 5 heteroatoms. The largest absolute Gasteiger partial charge is 0.391 e.